The minimum absolute atomic E-state index is 0.166. The number of hydrogen-bond donors (Lipinski definition) is 0. The fourth-order valence-electron chi connectivity index (χ4n) is 4.92. The van der Waals surface area contributed by atoms with Gasteiger partial charge in [0.1, 0.15) is 12.2 Å². The molecule has 0 saturated carbocycles. The van der Waals surface area contributed by atoms with E-state index in [0.717, 1.165) is 49.4 Å². The predicted molar refractivity (Wildman–Crippen MR) is 140 cm³/mol. The maximum absolute atomic E-state index is 13.0. The third-order valence-electron chi connectivity index (χ3n) is 6.89. The van der Waals surface area contributed by atoms with Crippen molar-refractivity contribution in [3.63, 3.8) is 0 Å². The summed E-state index contributed by atoms with van der Waals surface area (Å²) in [4.78, 5) is 19.5. The summed E-state index contributed by atoms with van der Waals surface area (Å²) in [5.74, 6) is 3.68. The zero-order chi connectivity index (χ0) is 26.3. The number of amides is 1. The van der Waals surface area contributed by atoms with Gasteiger partial charge >= 0.3 is 0 Å². The standard InChI is InChI=1S/C28H32N6O4/c1-36-23-14-13-21(17-24(23)37-2)28-30-26(38-32-28)11-6-12-27(35)33-15-7-8-20(18-33)16-25-31-29-19-34(25)22-9-4-3-5-10-22/h3-5,9-10,13-14,17,19-20H,6-8,11-12,15-16,18H2,1-2H3. The average molecular weight is 517 g/mol. The molecule has 1 aliphatic heterocycles. The zero-order valence-corrected chi connectivity index (χ0v) is 21.7. The average Bonchev–Trinajstić information content (AvgIpc) is 3.63. The Balaban J connectivity index is 1.12. The van der Waals surface area contributed by atoms with Crippen LogP contribution in [-0.4, -0.2) is 63.0 Å². The largest absolute Gasteiger partial charge is 0.493 e. The number of carbonyl (C=O) groups is 1. The number of ether oxygens (including phenoxy) is 2. The Labute approximate surface area is 221 Å². The Morgan fingerprint density at radius 1 is 1.11 bits per heavy atom. The highest BCUT2D eigenvalue weighted by molar-refractivity contribution is 5.76. The molecule has 38 heavy (non-hydrogen) atoms. The van der Waals surface area contributed by atoms with E-state index in [1.165, 1.54) is 0 Å². The van der Waals surface area contributed by atoms with Crippen LogP contribution in [0, 0.1) is 5.92 Å². The fourth-order valence-corrected chi connectivity index (χ4v) is 4.92. The van der Waals surface area contributed by atoms with Crippen molar-refractivity contribution >= 4 is 5.91 Å². The summed E-state index contributed by atoms with van der Waals surface area (Å²) in [7, 11) is 3.18. The summed E-state index contributed by atoms with van der Waals surface area (Å²) in [5.41, 5.74) is 1.82. The van der Waals surface area contributed by atoms with Crippen molar-refractivity contribution < 1.29 is 18.8 Å². The summed E-state index contributed by atoms with van der Waals surface area (Å²) >= 11 is 0. The van der Waals surface area contributed by atoms with Gasteiger partial charge < -0.3 is 18.9 Å². The van der Waals surface area contributed by atoms with E-state index in [1.54, 1.807) is 26.6 Å². The molecule has 10 nitrogen and oxygen atoms in total. The highest BCUT2D eigenvalue weighted by Crippen LogP contribution is 2.31. The van der Waals surface area contributed by atoms with Gasteiger partial charge in [0, 0.05) is 43.6 Å². The minimum Gasteiger partial charge on any atom is -0.493 e. The molecule has 2 aromatic heterocycles. The number of nitrogens with zero attached hydrogens (tertiary/aromatic N) is 6. The van der Waals surface area contributed by atoms with E-state index in [9.17, 15) is 4.79 Å². The summed E-state index contributed by atoms with van der Waals surface area (Å²) < 4.78 is 18.1. The Morgan fingerprint density at radius 2 is 1.95 bits per heavy atom. The molecule has 1 fully saturated rings. The summed E-state index contributed by atoms with van der Waals surface area (Å²) in [6, 6.07) is 15.6. The number of methoxy groups -OCH3 is 2. The lowest BCUT2D eigenvalue weighted by atomic mass is 9.94. The lowest BCUT2D eigenvalue weighted by molar-refractivity contribution is -0.133. The maximum atomic E-state index is 13.0. The normalized spacial score (nSPS) is 15.4. The van der Waals surface area contributed by atoms with E-state index in [2.05, 4.69) is 20.3 Å². The van der Waals surface area contributed by atoms with Crippen molar-refractivity contribution in [1.82, 2.24) is 29.8 Å². The molecule has 0 bridgehead atoms. The molecule has 1 unspecified atom stereocenters. The summed E-state index contributed by atoms with van der Waals surface area (Å²) in [5, 5.41) is 12.6. The molecule has 2 aromatic carbocycles. The maximum Gasteiger partial charge on any atom is 0.226 e. The number of piperidine rings is 1. The zero-order valence-electron chi connectivity index (χ0n) is 21.7. The van der Waals surface area contributed by atoms with Gasteiger partial charge in [-0.1, -0.05) is 23.4 Å². The van der Waals surface area contributed by atoms with Crippen molar-refractivity contribution in [3.05, 3.63) is 66.6 Å². The molecule has 3 heterocycles. The second kappa shape index (κ2) is 11.9. The number of para-hydroxylation sites is 1. The van der Waals surface area contributed by atoms with Crippen LogP contribution in [0.25, 0.3) is 17.1 Å². The van der Waals surface area contributed by atoms with Crippen LogP contribution in [0.5, 0.6) is 11.5 Å². The van der Waals surface area contributed by atoms with Gasteiger partial charge in [0.15, 0.2) is 11.5 Å². The van der Waals surface area contributed by atoms with E-state index in [-0.39, 0.29) is 5.91 Å². The Morgan fingerprint density at radius 3 is 2.76 bits per heavy atom. The molecule has 5 rings (SSSR count). The number of likely N-dealkylation sites (tertiary alicyclic amines) is 1. The van der Waals surface area contributed by atoms with Crippen LogP contribution in [0.3, 0.4) is 0 Å². The van der Waals surface area contributed by atoms with E-state index in [0.29, 0.717) is 48.4 Å². The molecule has 1 saturated heterocycles. The van der Waals surface area contributed by atoms with Crippen molar-refractivity contribution in [1.29, 1.82) is 0 Å². The van der Waals surface area contributed by atoms with Gasteiger partial charge in [0.25, 0.3) is 0 Å². The lowest BCUT2D eigenvalue weighted by Crippen LogP contribution is -2.40. The van der Waals surface area contributed by atoms with E-state index < -0.39 is 0 Å². The minimum atomic E-state index is 0.166. The molecule has 10 heteroatoms. The van der Waals surface area contributed by atoms with Crippen molar-refractivity contribution in [2.24, 2.45) is 5.92 Å². The molecule has 0 aliphatic carbocycles. The smallest absolute Gasteiger partial charge is 0.226 e. The topological polar surface area (TPSA) is 108 Å². The van der Waals surface area contributed by atoms with Gasteiger partial charge in [-0.25, -0.2) is 0 Å². The van der Waals surface area contributed by atoms with Crippen LogP contribution in [0.4, 0.5) is 0 Å². The Bertz CT molecular complexity index is 1350. The van der Waals surface area contributed by atoms with Crippen LogP contribution in [-0.2, 0) is 17.6 Å². The van der Waals surface area contributed by atoms with Gasteiger partial charge in [0.2, 0.25) is 17.6 Å². The van der Waals surface area contributed by atoms with E-state index in [4.69, 9.17) is 14.0 Å². The van der Waals surface area contributed by atoms with Crippen LogP contribution in [0.1, 0.15) is 37.4 Å². The predicted octanol–water partition coefficient (Wildman–Crippen LogP) is 4.14. The monoisotopic (exact) mass is 516 g/mol. The van der Waals surface area contributed by atoms with Gasteiger partial charge in [-0.3, -0.25) is 9.36 Å². The van der Waals surface area contributed by atoms with Gasteiger partial charge in [-0.05, 0) is 55.5 Å². The number of carbonyl (C=O) groups excluding carboxylic acids is 1. The number of benzene rings is 2. The van der Waals surface area contributed by atoms with Crippen molar-refractivity contribution in [2.45, 2.75) is 38.5 Å². The number of aryl methyl sites for hydroxylation is 1. The van der Waals surface area contributed by atoms with Crippen LogP contribution in [0.2, 0.25) is 0 Å². The molecule has 0 spiro atoms. The van der Waals surface area contributed by atoms with Gasteiger partial charge in [0.05, 0.1) is 14.2 Å². The highest BCUT2D eigenvalue weighted by Gasteiger charge is 2.25. The first kappa shape index (κ1) is 25.4. The summed E-state index contributed by atoms with van der Waals surface area (Å²) in [6.07, 6.45) is 6.25. The first-order chi connectivity index (χ1) is 18.6. The summed E-state index contributed by atoms with van der Waals surface area (Å²) in [6.45, 7) is 1.54. The second-order valence-electron chi connectivity index (χ2n) is 9.44. The Hall–Kier alpha value is -4.21. The van der Waals surface area contributed by atoms with Crippen molar-refractivity contribution in [2.75, 3.05) is 27.3 Å². The molecule has 1 aliphatic rings. The van der Waals surface area contributed by atoms with Crippen molar-refractivity contribution in [3.8, 4) is 28.6 Å². The number of aromatic nitrogens is 5. The van der Waals surface area contributed by atoms with Gasteiger partial charge in [-0.2, -0.15) is 4.98 Å². The van der Waals surface area contributed by atoms with Gasteiger partial charge in [-0.15, -0.1) is 10.2 Å². The lowest BCUT2D eigenvalue weighted by Gasteiger charge is -2.32. The molecule has 1 atom stereocenters. The first-order valence-corrected chi connectivity index (χ1v) is 12.9. The molecule has 1 amide bonds. The molecule has 0 N–H and O–H groups in total. The van der Waals surface area contributed by atoms with E-state index in [1.807, 2.05) is 51.9 Å². The van der Waals surface area contributed by atoms with Crippen LogP contribution < -0.4 is 9.47 Å². The van der Waals surface area contributed by atoms with E-state index >= 15 is 0 Å². The number of rotatable bonds is 10. The fraction of sp³-hybridized carbons (Fsp3) is 0.393. The third kappa shape index (κ3) is 5.85. The molecule has 0 radical (unpaired) electrons. The molecular weight excluding hydrogens is 484 g/mol. The third-order valence-corrected chi connectivity index (χ3v) is 6.89. The Kier molecular flexibility index (Phi) is 7.96. The highest BCUT2D eigenvalue weighted by atomic mass is 16.5. The second-order valence-corrected chi connectivity index (χ2v) is 9.44. The molecular formula is C28H32N6O4. The quantitative estimate of drug-likeness (QED) is 0.309. The van der Waals surface area contributed by atoms with Crippen LogP contribution >= 0.6 is 0 Å². The SMILES string of the molecule is COc1ccc(-c2noc(CCCC(=O)N3CCCC(Cc4nncn4-c4ccccc4)C3)n2)cc1OC. The van der Waals surface area contributed by atoms with Crippen LogP contribution in [0.15, 0.2) is 59.4 Å². The first-order valence-electron chi connectivity index (χ1n) is 12.9. The number of hydrogen-bond acceptors (Lipinski definition) is 8. The molecule has 198 valence electrons. The molecule has 4 aromatic rings.